The molecule has 1 aliphatic heterocycles. The van der Waals surface area contributed by atoms with Crippen LogP contribution in [0.15, 0.2) is 35.5 Å². The molecule has 0 radical (unpaired) electrons. The molecular formula is C16H20ClN5O3S. The molecule has 0 saturated carbocycles. The summed E-state index contributed by atoms with van der Waals surface area (Å²) in [5, 5.41) is 7.28. The minimum absolute atomic E-state index is 0.0865. The average Bonchev–Trinajstić information content (AvgIpc) is 3.05. The Morgan fingerprint density at radius 3 is 2.50 bits per heavy atom. The van der Waals surface area contributed by atoms with E-state index in [-0.39, 0.29) is 16.7 Å². The molecule has 140 valence electrons. The van der Waals surface area contributed by atoms with Crippen LogP contribution in [0, 0.1) is 5.92 Å². The third-order valence-electron chi connectivity index (χ3n) is 4.50. The first kappa shape index (κ1) is 18.8. The number of aryl methyl sites for hydroxylation is 1. The summed E-state index contributed by atoms with van der Waals surface area (Å²) in [6, 6.07) is 6.11. The van der Waals surface area contributed by atoms with Crippen molar-refractivity contribution in [3.63, 3.8) is 0 Å². The minimum atomic E-state index is -3.56. The number of amides is 1. The van der Waals surface area contributed by atoms with E-state index in [2.05, 4.69) is 15.4 Å². The van der Waals surface area contributed by atoms with Gasteiger partial charge < -0.3 is 5.32 Å². The van der Waals surface area contributed by atoms with Gasteiger partial charge in [-0.2, -0.15) is 9.40 Å². The Kier molecular flexibility index (Phi) is 5.59. The van der Waals surface area contributed by atoms with Crippen LogP contribution in [0.1, 0.15) is 18.7 Å². The Bertz CT molecular complexity index is 874. The lowest BCUT2D eigenvalue weighted by Gasteiger charge is -2.30. The van der Waals surface area contributed by atoms with Gasteiger partial charge in [0.25, 0.3) is 0 Å². The Balaban J connectivity index is 1.55. The van der Waals surface area contributed by atoms with E-state index in [1.807, 2.05) is 0 Å². The summed E-state index contributed by atoms with van der Waals surface area (Å²) in [5.41, 5.74) is 0. The van der Waals surface area contributed by atoms with Crippen molar-refractivity contribution in [3.05, 3.63) is 41.4 Å². The van der Waals surface area contributed by atoms with Crippen molar-refractivity contribution in [1.82, 2.24) is 24.4 Å². The lowest BCUT2D eigenvalue weighted by atomic mass is 9.97. The molecule has 1 aromatic carbocycles. The maximum absolute atomic E-state index is 12.7. The van der Waals surface area contributed by atoms with Crippen LogP contribution < -0.4 is 5.32 Å². The van der Waals surface area contributed by atoms with Crippen LogP contribution in [-0.2, 0) is 28.4 Å². The van der Waals surface area contributed by atoms with Crippen molar-refractivity contribution in [1.29, 1.82) is 0 Å². The fourth-order valence-electron chi connectivity index (χ4n) is 2.90. The van der Waals surface area contributed by atoms with Crippen molar-refractivity contribution in [2.45, 2.75) is 24.3 Å². The third-order valence-corrected chi connectivity index (χ3v) is 6.67. The highest BCUT2D eigenvalue weighted by atomic mass is 35.5. The maximum Gasteiger partial charge on any atom is 0.243 e. The standard InChI is InChI=1S/C16H20ClN5O3S/c1-21-15(19-11-20-21)10-18-16(23)12-6-8-22(9-7-12)26(24,25)14-4-2-13(17)3-5-14/h2-5,11-12H,6-10H2,1H3,(H,18,23). The number of halogens is 1. The van der Waals surface area contributed by atoms with Crippen LogP contribution in [0.5, 0.6) is 0 Å². The van der Waals surface area contributed by atoms with E-state index in [1.54, 1.807) is 23.9 Å². The summed E-state index contributed by atoms with van der Waals surface area (Å²) in [4.78, 5) is 16.6. The van der Waals surface area contributed by atoms with Crippen LogP contribution in [-0.4, -0.2) is 46.5 Å². The topological polar surface area (TPSA) is 97.2 Å². The normalized spacial score (nSPS) is 16.5. The van der Waals surface area contributed by atoms with Gasteiger partial charge in [-0.1, -0.05) is 11.6 Å². The van der Waals surface area contributed by atoms with Gasteiger partial charge in [0.2, 0.25) is 15.9 Å². The molecule has 0 unspecified atom stereocenters. The van der Waals surface area contributed by atoms with Crippen LogP contribution in [0.2, 0.25) is 5.02 Å². The number of benzene rings is 1. The highest BCUT2D eigenvalue weighted by Crippen LogP contribution is 2.24. The third kappa shape index (κ3) is 4.05. The lowest BCUT2D eigenvalue weighted by molar-refractivity contribution is -0.126. The molecule has 1 aromatic heterocycles. The highest BCUT2D eigenvalue weighted by Gasteiger charge is 2.32. The number of carbonyl (C=O) groups excluding carboxylic acids is 1. The second kappa shape index (κ2) is 7.73. The van der Waals surface area contributed by atoms with Crippen molar-refractivity contribution < 1.29 is 13.2 Å². The van der Waals surface area contributed by atoms with E-state index in [0.29, 0.717) is 43.3 Å². The average molecular weight is 398 g/mol. The van der Waals surface area contributed by atoms with Gasteiger partial charge in [0.1, 0.15) is 12.2 Å². The molecule has 1 aliphatic rings. The smallest absolute Gasteiger partial charge is 0.243 e. The van der Waals surface area contributed by atoms with Crippen LogP contribution in [0.25, 0.3) is 0 Å². The van der Waals surface area contributed by atoms with E-state index in [1.165, 1.54) is 22.8 Å². The molecule has 1 fully saturated rings. The van der Waals surface area contributed by atoms with Gasteiger partial charge in [-0.3, -0.25) is 9.48 Å². The molecule has 3 rings (SSSR count). The SMILES string of the molecule is Cn1ncnc1CNC(=O)C1CCN(S(=O)(=O)c2ccc(Cl)cc2)CC1. The van der Waals surface area contributed by atoms with Gasteiger partial charge in [-0.25, -0.2) is 13.4 Å². The van der Waals surface area contributed by atoms with Crippen molar-refractivity contribution >= 4 is 27.5 Å². The molecule has 1 saturated heterocycles. The Hall–Kier alpha value is -1.97. The Morgan fingerprint density at radius 1 is 1.27 bits per heavy atom. The summed E-state index contributed by atoms with van der Waals surface area (Å²) < 4.78 is 28.3. The first-order chi connectivity index (χ1) is 12.4. The molecule has 26 heavy (non-hydrogen) atoms. The van der Waals surface area contributed by atoms with Crippen LogP contribution in [0.4, 0.5) is 0 Å². The number of hydrogen-bond acceptors (Lipinski definition) is 5. The summed E-state index contributed by atoms with van der Waals surface area (Å²) in [6.45, 7) is 0.929. The monoisotopic (exact) mass is 397 g/mol. The van der Waals surface area contributed by atoms with Gasteiger partial charge in [0, 0.05) is 31.1 Å². The number of nitrogens with one attached hydrogen (secondary N) is 1. The molecule has 0 spiro atoms. The maximum atomic E-state index is 12.7. The van der Waals surface area contributed by atoms with Crippen molar-refractivity contribution in [2.75, 3.05) is 13.1 Å². The predicted octanol–water partition coefficient (Wildman–Crippen LogP) is 1.19. The van der Waals surface area contributed by atoms with E-state index < -0.39 is 10.0 Å². The molecule has 1 amide bonds. The molecule has 2 aromatic rings. The minimum Gasteiger partial charge on any atom is -0.349 e. The molecule has 0 aliphatic carbocycles. The second-order valence-electron chi connectivity index (χ2n) is 6.15. The van der Waals surface area contributed by atoms with Crippen molar-refractivity contribution in [2.24, 2.45) is 13.0 Å². The summed E-state index contributed by atoms with van der Waals surface area (Å²) in [6.07, 6.45) is 2.40. The lowest BCUT2D eigenvalue weighted by Crippen LogP contribution is -2.43. The Morgan fingerprint density at radius 2 is 1.92 bits per heavy atom. The molecule has 0 atom stereocenters. The van der Waals surface area contributed by atoms with Gasteiger partial charge in [0.15, 0.2) is 0 Å². The van der Waals surface area contributed by atoms with E-state index >= 15 is 0 Å². The molecule has 8 nitrogen and oxygen atoms in total. The molecule has 2 heterocycles. The number of hydrogen-bond donors (Lipinski definition) is 1. The number of rotatable bonds is 5. The van der Waals surface area contributed by atoms with E-state index in [0.717, 1.165) is 0 Å². The summed E-state index contributed by atoms with van der Waals surface area (Å²) >= 11 is 5.82. The van der Waals surface area contributed by atoms with Gasteiger partial charge in [-0.15, -0.1) is 0 Å². The highest BCUT2D eigenvalue weighted by molar-refractivity contribution is 7.89. The zero-order valence-electron chi connectivity index (χ0n) is 14.3. The number of carbonyl (C=O) groups is 1. The number of piperidine rings is 1. The Labute approximate surface area is 157 Å². The van der Waals surface area contributed by atoms with Gasteiger partial charge in [0.05, 0.1) is 11.4 Å². The number of aromatic nitrogens is 3. The molecule has 1 N–H and O–H groups in total. The zero-order valence-corrected chi connectivity index (χ0v) is 15.9. The first-order valence-corrected chi connectivity index (χ1v) is 10.1. The molecular weight excluding hydrogens is 378 g/mol. The van der Waals surface area contributed by atoms with E-state index in [9.17, 15) is 13.2 Å². The van der Waals surface area contributed by atoms with E-state index in [4.69, 9.17) is 11.6 Å². The quantitative estimate of drug-likeness (QED) is 0.817. The fraction of sp³-hybridized carbons (Fsp3) is 0.438. The van der Waals surface area contributed by atoms with Gasteiger partial charge >= 0.3 is 0 Å². The number of sulfonamides is 1. The predicted molar refractivity (Wildman–Crippen MR) is 95.8 cm³/mol. The summed E-state index contributed by atoms with van der Waals surface area (Å²) in [5.74, 6) is 0.373. The zero-order chi connectivity index (χ0) is 18.7. The first-order valence-electron chi connectivity index (χ1n) is 8.24. The molecule has 10 heteroatoms. The number of nitrogens with zero attached hydrogens (tertiary/aromatic N) is 4. The van der Waals surface area contributed by atoms with Crippen LogP contribution in [0.3, 0.4) is 0 Å². The van der Waals surface area contributed by atoms with Crippen LogP contribution >= 0.6 is 11.6 Å². The second-order valence-corrected chi connectivity index (χ2v) is 8.52. The van der Waals surface area contributed by atoms with Gasteiger partial charge in [-0.05, 0) is 37.1 Å². The fourth-order valence-corrected chi connectivity index (χ4v) is 4.50. The largest absolute Gasteiger partial charge is 0.349 e. The van der Waals surface area contributed by atoms with Crippen molar-refractivity contribution in [3.8, 4) is 0 Å². The molecule has 0 bridgehead atoms. The summed E-state index contributed by atoms with van der Waals surface area (Å²) in [7, 11) is -1.80.